The number of hydrogen-bond donors (Lipinski definition) is 1. The second kappa shape index (κ2) is 10.5. The molecule has 2 heterocycles. The van der Waals surface area contributed by atoms with Gasteiger partial charge in [-0.1, -0.05) is 13.3 Å². The molecule has 1 atom stereocenters. The molecule has 2 fully saturated rings. The molecule has 1 N–H and O–H groups in total. The summed E-state index contributed by atoms with van der Waals surface area (Å²) in [5.74, 6) is 0.432. The van der Waals surface area contributed by atoms with Gasteiger partial charge < -0.3 is 15.0 Å². The van der Waals surface area contributed by atoms with Gasteiger partial charge in [-0.25, -0.2) is 12.7 Å². The molecule has 0 aromatic heterocycles. The van der Waals surface area contributed by atoms with E-state index in [4.69, 9.17) is 4.74 Å². The number of ether oxygens (including phenoxy) is 1. The number of hydrogen-bond acceptors (Lipinski definition) is 5. The Morgan fingerprint density at radius 1 is 1.10 bits per heavy atom. The minimum Gasteiger partial charge on any atom is -0.497 e. The minimum atomic E-state index is -3.24. The van der Waals surface area contributed by atoms with Crippen LogP contribution in [0.1, 0.15) is 45.4 Å². The van der Waals surface area contributed by atoms with Crippen molar-refractivity contribution < 1.29 is 22.7 Å². The second-order valence-electron chi connectivity index (χ2n) is 8.25. The molecule has 2 aliphatic rings. The smallest absolute Gasteiger partial charge is 0.247 e. The number of nitrogens with zero attached hydrogens (tertiary/aromatic N) is 2. The Hall–Kier alpha value is -2.13. The summed E-state index contributed by atoms with van der Waals surface area (Å²) >= 11 is 0. The molecule has 31 heavy (non-hydrogen) atoms. The van der Waals surface area contributed by atoms with E-state index in [9.17, 15) is 18.0 Å². The number of sulfonamides is 1. The first-order valence-electron chi connectivity index (χ1n) is 11.1. The van der Waals surface area contributed by atoms with Crippen molar-refractivity contribution in [1.29, 1.82) is 0 Å². The maximum atomic E-state index is 13.1. The lowest BCUT2D eigenvalue weighted by Crippen LogP contribution is -2.48. The third kappa shape index (κ3) is 5.77. The van der Waals surface area contributed by atoms with Gasteiger partial charge in [-0.2, -0.15) is 0 Å². The lowest BCUT2D eigenvalue weighted by Gasteiger charge is -2.34. The Bertz CT molecular complexity index is 864. The third-order valence-electron chi connectivity index (χ3n) is 6.15. The molecule has 1 aromatic carbocycles. The quantitative estimate of drug-likeness (QED) is 0.655. The first-order chi connectivity index (χ1) is 14.9. The van der Waals surface area contributed by atoms with E-state index in [1.54, 1.807) is 36.3 Å². The molecule has 2 saturated heterocycles. The highest BCUT2D eigenvalue weighted by molar-refractivity contribution is 7.89. The zero-order valence-electron chi connectivity index (χ0n) is 18.4. The van der Waals surface area contributed by atoms with Crippen molar-refractivity contribution in [3.63, 3.8) is 0 Å². The fourth-order valence-corrected chi connectivity index (χ4v) is 5.95. The van der Waals surface area contributed by atoms with Crippen molar-refractivity contribution >= 4 is 27.5 Å². The van der Waals surface area contributed by atoms with Crippen molar-refractivity contribution in [2.24, 2.45) is 5.92 Å². The average molecular weight is 452 g/mol. The van der Waals surface area contributed by atoms with E-state index in [-0.39, 0.29) is 23.5 Å². The number of benzene rings is 1. The maximum Gasteiger partial charge on any atom is 0.247 e. The van der Waals surface area contributed by atoms with E-state index in [0.717, 1.165) is 12.8 Å². The number of carbonyl (C=O) groups excluding carboxylic acids is 2. The lowest BCUT2D eigenvalue weighted by molar-refractivity contribution is -0.141. The molecule has 172 valence electrons. The van der Waals surface area contributed by atoms with Crippen LogP contribution in [0.4, 0.5) is 5.69 Å². The predicted molar refractivity (Wildman–Crippen MR) is 119 cm³/mol. The Balaban J connectivity index is 1.56. The van der Waals surface area contributed by atoms with Gasteiger partial charge in [-0.3, -0.25) is 9.59 Å². The highest BCUT2D eigenvalue weighted by Crippen LogP contribution is 2.27. The average Bonchev–Trinajstić information content (AvgIpc) is 3.28. The molecule has 2 aliphatic heterocycles. The standard InChI is InChI=1S/C22H33N3O5S/c1-3-4-16-31(28,29)24-14-11-17(12-15-24)22(27)25-13-5-6-20(25)21(26)23-18-7-9-19(30-2)10-8-18/h7-10,17,20H,3-6,11-16H2,1-2H3,(H,23,26). The van der Waals surface area contributed by atoms with Gasteiger partial charge in [0.1, 0.15) is 11.8 Å². The molecular weight excluding hydrogens is 418 g/mol. The van der Waals surface area contributed by atoms with Crippen LogP contribution in [0.25, 0.3) is 0 Å². The van der Waals surface area contributed by atoms with Gasteiger partial charge in [0.05, 0.1) is 12.9 Å². The monoisotopic (exact) mass is 451 g/mol. The van der Waals surface area contributed by atoms with E-state index in [2.05, 4.69) is 5.32 Å². The number of piperidine rings is 1. The number of amides is 2. The summed E-state index contributed by atoms with van der Waals surface area (Å²) < 4.78 is 31.5. The number of unbranched alkanes of at least 4 members (excludes halogenated alkanes) is 1. The number of nitrogens with one attached hydrogen (secondary N) is 1. The number of rotatable bonds is 8. The zero-order chi connectivity index (χ0) is 22.4. The SMILES string of the molecule is CCCCS(=O)(=O)N1CCC(C(=O)N2CCCC2C(=O)Nc2ccc(OC)cc2)CC1. The van der Waals surface area contributed by atoms with Gasteiger partial charge >= 0.3 is 0 Å². The Morgan fingerprint density at radius 3 is 2.39 bits per heavy atom. The summed E-state index contributed by atoms with van der Waals surface area (Å²) in [4.78, 5) is 27.7. The van der Waals surface area contributed by atoms with Gasteiger partial charge in [0.2, 0.25) is 21.8 Å². The third-order valence-corrected chi connectivity index (χ3v) is 8.11. The summed E-state index contributed by atoms with van der Waals surface area (Å²) in [6.45, 7) is 3.28. The summed E-state index contributed by atoms with van der Waals surface area (Å²) in [5, 5.41) is 2.89. The molecule has 0 spiro atoms. The maximum absolute atomic E-state index is 13.1. The van der Waals surface area contributed by atoms with Crippen molar-refractivity contribution in [2.45, 2.75) is 51.5 Å². The van der Waals surface area contributed by atoms with Gasteiger partial charge in [0.15, 0.2) is 0 Å². The van der Waals surface area contributed by atoms with Crippen LogP contribution in [0.3, 0.4) is 0 Å². The Kier molecular flexibility index (Phi) is 7.94. The molecule has 0 radical (unpaired) electrons. The number of likely N-dealkylation sites (tertiary alicyclic amines) is 1. The Morgan fingerprint density at radius 2 is 1.77 bits per heavy atom. The molecule has 1 aromatic rings. The van der Waals surface area contributed by atoms with Crippen LogP contribution in [-0.2, 0) is 19.6 Å². The van der Waals surface area contributed by atoms with Gasteiger partial charge in [0.25, 0.3) is 0 Å². The normalized spacial score (nSPS) is 20.6. The number of carbonyl (C=O) groups is 2. The fraction of sp³-hybridized carbons (Fsp3) is 0.636. The molecule has 0 saturated carbocycles. The van der Waals surface area contributed by atoms with Crippen LogP contribution in [0.2, 0.25) is 0 Å². The first kappa shape index (κ1) is 23.5. The lowest BCUT2D eigenvalue weighted by atomic mass is 9.96. The van der Waals surface area contributed by atoms with Crippen molar-refractivity contribution in [3.05, 3.63) is 24.3 Å². The molecule has 8 nitrogen and oxygen atoms in total. The summed E-state index contributed by atoms with van der Waals surface area (Å²) in [6, 6.07) is 6.60. The van der Waals surface area contributed by atoms with Crippen LogP contribution in [0.5, 0.6) is 5.75 Å². The highest BCUT2D eigenvalue weighted by Gasteiger charge is 2.39. The van der Waals surface area contributed by atoms with E-state index in [0.29, 0.717) is 56.8 Å². The van der Waals surface area contributed by atoms with Crippen LogP contribution in [0.15, 0.2) is 24.3 Å². The van der Waals surface area contributed by atoms with Crippen LogP contribution >= 0.6 is 0 Å². The van der Waals surface area contributed by atoms with Gasteiger partial charge in [0, 0.05) is 31.2 Å². The number of methoxy groups -OCH3 is 1. The zero-order valence-corrected chi connectivity index (χ0v) is 19.2. The van der Waals surface area contributed by atoms with Crippen LogP contribution in [0, 0.1) is 5.92 Å². The second-order valence-corrected chi connectivity index (χ2v) is 10.3. The topological polar surface area (TPSA) is 96.0 Å². The molecule has 9 heteroatoms. The Labute approximate surface area is 185 Å². The number of anilines is 1. The molecular formula is C22H33N3O5S. The van der Waals surface area contributed by atoms with Crippen molar-refractivity contribution in [1.82, 2.24) is 9.21 Å². The molecule has 0 bridgehead atoms. The largest absolute Gasteiger partial charge is 0.497 e. The van der Waals surface area contributed by atoms with E-state index < -0.39 is 16.1 Å². The summed E-state index contributed by atoms with van der Waals surface area (Å²) in [5.41, 5.74) is 0.663. The summed E-state index contributed by atoms with van der Waals surface area (Å²) in [6.07, 6.45) is 3.93. The fourth-order valence-electron chi connectivity index (χ4n) is 4.27. The van der Waals surface area contributed by atoms with Gasteiger partial charge in [-0.05, 0) is 56.4 Å². The summed E-state index contributed by atoms with van der Waals surface area (Å²) in [7, 11) is -1.66. The van der Waals surface area contributed by atoms with E-state index in [1.807, 2.05) is 6.92 Å². The van der Waals surface area contributed by atoms with Crippen molar-refractivity contribution in [3.8, 4) is 5.75 Å². The molecule has 0 aliphatic carbocycles. The first-order valence-corrected chi connectivity index (χ1v) is 12.7. The predicted octanol–water partition coefficient (Wildman–Crippen LogP) is 2.47. The van der Waals surface area contributed by atoms with Crippen LogP contribution in [-0.4, -0.2) is 68.0 Å². The minimum absolute atomic E-state index is 0.0296. The van der Waals surface area contributed by atoms with E-state index >= 15 is 0 Å². The molecule has 3 rings (SSSR count). The highest BCUT2D eigenvalue weighted by atomic mass is 32.2. The van der Waals surface area contributed by atoms with Gasteiger partial charge in [-0.15, -0.1) is 0 Å². The van der Waals surface area contributed by atoms with E-state index in [1.165, 1.54) is 4.31 Å². The van der Waals surface area contributed by atoms with Crippen molar-refractivity contribution in [2.75, 3.05) is 37.8 Å². The molecule has 1 unspecified atom stereocenters. The van der Waals surface area contributed by atoms with Crippen LogP contribution < -0.4 is 10.1 Å². The molecule has 2 amide bonds.